The van der Waals surface area contributed by atoms with Crippen LogP contribution in [0, 0.1) is 11.7 Å². The number of likely N-dealkylation sites (N-methyl/N-ethyl adjacent to an activating group) is 1. The van der Waals surface area contributed by atoms with Crippen molar-refractivity contribution in [1.82, 2.24) is 9.91 Å². The SMILES string of the molecule is COc1ccc([C@H]2CC(c3ccc(F)cc3)=NN2C(=O)CN(C)C(=O)C2CCC2)cc1. The van der Waals surface area contributed by atoms with Crippen molar-refractivity contribution in [3.63, 3.8) is 0 Å². The lowest BCUT2D eigenvalue weighted by Crippen LogP contribution is -2.42. The number of ether oxygens (including phenoxy) is 1. The zero-order chi connectivity index (χ0) is 22.0. The highest BCUT2D eigenvalue weighted by atomic mass is 19.1. The molecule has 2 aromatic rings. The molecule has 2 aliphatic rings. The summed E-state index contributed by atoms with van der Waals surface area (Å²) in [6, 6.07) is 13.3. The monoisotopic (exact) mass is 423 g/mol. The van der Waals surface area contributed by atoms with Crippen LogP contribution in [0.15, 0.2) is 53.6 Å². The van der Waals surface area contributed by atoms with Gasteiger partial charge in [-0.05, 0) is 48.2 Å². The van der Waals surface area contributed by atoms with Crippen LogP contribution in [0.3, 0.4) is 0 Å². The molecule has 1 atom stereocenters. The van der Waals surface area contributed by atoms with Crippen LogP contribution in [0.2, 0.25) is 0 Å². The largest absolute Gasteiger partial charge is 0.497 e. The van der Waals surface area contributed by atoms with Gasteiger partial charge in [0, 0.05) is 19.4 Å². The Hall–Kier alpha value is -3.22. The first kappa shape index (κ1) is 21.0. The van der Waals surface area contributed by atoms with Gasteiger partial charge in [-0.1, -0.05) is 30.7 Å². The van der Waals surface area contributed by atoms with Crippen LogP contribution in [0.4, 0.5) is 4.39 Å². The van der Waals surface area contributed by atoms with Crippen molar-refractivity contribution in [1.29, 1.82) is 0 Å². The molecule has 162 valence electrons. The molecule has 0 saturated heterocycles. The second kappa shape index (κ2) is 8.88. The molecule has 0 radical (unpaired) electrons. The van der Waals surface area contributed by atoms with E-state index in [0.29, 0.717) is 12.1 Å². The number of benzene rings is 2. The highest BCUT2D eigenvalue weighted by molar-refractivity contribution is 6.03. The summed E-state index contributed by atoms with van der Waals surface area (Å²) in [5.74, 6) is 0.214. The van der Waals surface area contributed by atoms with Gasteiger partial charge in [-0.15, -0.1) is 0 Å². The van der Waals surface area contributed by atoms with E-state index < -0.39 is 0 Å². The van der Waals surface area contributed by atoms with Crippen molar-refractivity contribution in [3.05, 3.63) is 65.5 Å². The molecule has 2 aromatic carbocycles. The molecule has 1 saturated carbocycles. The molecule has 0 bridgehead atoms. The average molecular weight is 423 g/mol. The third-order valence-electron chi connectivity index (χ3n) is 6.05. The quantitative estimate of drug-likeness (QED) is 0.711. The number of nitrogens with zero attached hydrogens (tertiary/aromatic N) is 3. The molecule has 0 unspecified atom stereocenters. The smallest absolute Gasteiger partial charge is 0.262 e. The molecule has 1 fully saturated rings. The first-order chi connectivity index (χ1) is 15.0. The lowest BCUT2D eigenvalue weighted by molar-refractivity contribution is -0.144. The second-order valence-corrected chi connectivity index (χ2v) is 8.11. The lowest BCUT2D eigenvalue weighted by Gasteiger charge is -2.30. The summed E-state index contributed by atoms with van der Waals surface area (Å²) in [4.78, 5) is 27.2. The van der Waals surface area contributed by atoms with Gasteiger partial charge in [0.2, 0.25) is 5.91 Å². The number of rotatable bonds is 6. The molecular formula is C24H26FN3O3. The van der Waals surface area contributed by atoms with Crippen molar-refractivity contribution in [2.24, 2.45) is 11.0 Å². The minimum Gasteiger partial charge on any atom is -0.497 e. The van der Waals surface area contributed by atoms with Crippen LogP contribution in [0.5, 0.6) is 5.75 Å². The Morgan fingerprint density at radius 3 is 2.39 bits per heavy atom. The van der Waals surface area contributed by atoms with Gasteiger partial charge in [0.05, 0.1) is 18.9 Å². The fourth-order valence-electron chi connectivity index (χ4n) is 3.96. The van der Waals surface area contributed by atoms with Gasteiger partial charge in [0.25, 0.3) is 5.91 Å². The molecule has 1 aliphatic heterocycles. The van der Waals surface area contributed by atoms with Crippen molar-refractivity contribution >= 4 is 17.5 Å². The zero-order valence-corrected chi connectivity index (χ0v) is 17.8. The minimum absolute atomic E-state index is 0.0162. The maximum Gasteiger partial charge on any atom is 0.262 e. The van der Waals surface area contributed by atoms with E-state index in [1.54, 1.807) is 26.3 Å². The predicted molar refractivity (Wildman–Crippen MR) is 115 cm³/mol. The number of halogens is 1. The molecule has 2 amide bonds. The van der Waals surface area contributed by atoms with Gasteiger partial charge in [0.15, 0.2) is 0 Å². The van der Waals surface area contributed by atoms with Crippen molar-refractivity contribution in [2.75, 3.05) is 20.7 Å². The molecular weight excluding hydrogens is 397 g/mol. The molecule has 31 heavy (non-hydrogen) atoms. The molecule has 4 rings (SSSR count). The Morgan fingerprint density at radius 2 is 1.81 bits per heavy atom. The average Bonchev–Trinajstić information content (AvgIpc) is 3.18. The van der Waals surface area contributed by atoms with E-state index in [2.05, 4.69) is 5.10 Å². The fourth-order valence-corrected chi connectivity index (χ4v) is 3.96. The Kier molecular flexibility index (Phi) is 6.02. The van der Waals surface area contributed by atoms with E-state index in [4.69, 9.17) is 4.74 Å². The normalized spacial score (nSPS) is 18.4. The Morgan fingerprint density at radius 1 is 1.13 bits per heavy atom. The number of carbonyl (C=O) groups excluding carboxylic acids is 2. The summed E-state index contributed by atoms with van der Waals surface area (Å²) in [6.07, 6.45) is 3.35. The van der Waals surface area contributed by atoms with E-state index in [9.17, 15) is 14.0 Å². The highest BCUT2D eigenvalue weighted by Gasteiger charge is 2.35. The Balaban J connectivity index is 1.57. The van der Waals surface area contributed by atoms with Gasteiger partial charge < -0.3 is 9.64 Å². The standard InChI is InChI=1S/C24H26FN3O3/c1-27(24(30)18-4-3-5-18)15-23(29)28-22(17-8-12-20(31-2)13-9-17)14-21(26-28)16-6-10-19(25)11-7-16/h6-13,18,22H,3-5,14-15H2,1-2H3/t22-/m1/s1. The molecule has 0 N–H and O–H groups in total. The summed E-state index contributed by atoms with van der Waals surface area (Å²) < 4.78 is 18.6. The van der Waals surface area contributed by atoms with Gasteiger partial charge in [-0.3, -0.25) is 9.59 Å². The third kappa shape index (κ3) is 4.45. The summed E-state index contributed by atoms with van der Waals surface area (Å²) in [5, 5.41) is 6.05. The molecule has 1 aliphatic carbocycles. The van der Waals surface area contributed by atoms with Crippen molar-refractivity contribution in [3.8, 4) is 5.75 Å². The maximum absolute atomic E-state index is 13.4. The Labute approximate surface area is 181 Å². The summed E-state index contributed by atoms with van der Waals surface area (Å²) in [6.45, 7) is -0.0256. The summed E-state index contributed by atoms with van der Waals surface area (Å²) in [5.41, 5.74) is 2.40. The van der Waals surface area contributed by atoms with Crippen molar-refractivity contribution in [2.45, 2.75) is 31.7 Å². The van der Waals surface area contributed by atoms with Gasteiger partial charge >= 0.3 is 0 Å². The van der Waals surface area contributed by atoms with Gasteiger partial charge in [-0.25, -0.2) is 9.40 Å². The van der Waals surface area contributed by atoms with Crippen LogP contribution in [0.25, 0.3) is 0 Å². The van der Waals surface area contributed by atoms with E-state index in [1.165, 1.54) is 22.0 Å². The predicted octanol–water partition coefficient (Wildman–Crippen LogP) is 3.77. The first-order valence-electron chi connectivity index (χ1n) is 10.5. The number of amides is 2. The number of carbonyl (C=O) groups is 2. The Bertz CT molecular complexity index is 984. The summed E-state index contributed by atoms with van der Waals surface area (Å²) >= 11 is 0. The minimum atomic E-state index is -0.321. The number of methoxy groups -OCH3 is 1. The van der Waals surface area contributed by atoms with Crippen LogP contribution < -0.4 is 4.74 Å². The lowest BCUT2D eigenvalue weighted by atomic mass is 9.84. The van der Waals surface area contributed by atoms with Crippen LogP contribution in [0.1, 0.15) is 42.9 Å². The number of hydrazone groups is 1. The molecule has 6 nitrogen and oxygen atoms in total. The van der Waals surface area contributed by atoms with Crippen LogP contribution in [-0.4, -0.2) is 48.1 Å². The number of hydrogen-bond acceptors (Lipinski definition) is 4. The topological polar surface area (TPSA) is 62.2 Å². The van der Waals surface area contributed by atoms with Gasteiger partial charge in [0.1, 0.15) is 18.1 Å². The molecule has 7 heteroatoms. The third-order valence-corrected chi connectivity index (χ3v) is 6.05. The van der Waals surface area contributed by atoms with Crippen LogP contribution in [-0.2, 0) is 9.59 Å². The maximum atomic E-state index is 13.4. The molecule has 0 spiro atoms. The summed E-state index contributed by atoms with van der Waals surface area (Å²) in [7, 11) is 3.27. The zero-order valence-electron chi connectivity index (χ0n) is 17.8. The van der Waals surface area contributed by atoms with Crippen LogP contribution >= 0.6 is 0 Å². The van der Waals surface area contributed by atoms with E-state index >= 15 is 0 Å². The second-order valence-electron chi connectivity index (χ2n) is 8.11. The fraction of sp³-hybridized carbons (Fsp3) is 0.375. The molecule has 0 aromatic heterocycles. The van der Waals surface area contributed by atoms with Gasteiger partial charge in [-0.2, -0.15) is 5.10 Å². The first-order valence-corrected chi connectivity index (χ1v) is 10.5. The van der Waals surface area contributed by atoms with Crippen molar-refractivity contribution < 1.29 is 18.7 Å². The van der Waals surface area contributed by atoms with E-state index in [1.807, 2.05) is 24.3 Å². The highest BCUT2D eigenvalue weighted by Crippen LogP contribution is 2.34. The molecule has 1 heterocycles. The number of hydrogen-bond donors (Lipinski definition) is 0. The van der Waals surface area contributed by atoms with E-state index in [0.717, 1.165) is 36.1 Å². The van der Waals surface area contributed by atoms with E-state index in [-0.39, 0.29) is 36.1 Å².